The molecule has 0 spiro atoms. The van der Waals surface area contributed by atoms with Crippen molar-refractivity contribution in [2.24, 2.45) is 0 Å². The van der Waals surface area contributed by atoms with Crippen molar-refractivity contribution in [2.75, 3.05) is 37.6 Å². The maximum absolute atomic E-state index is 2.51. The molecule has 2 nitrogen and oxygen atoms in total. The summed E-state index contributed by atoms with van der Waals surface area (Å²) in [6.07, 6.45) is 0. The van der Waals surface area contributed by atoms with Crippen molar-refractivity contribution in [1.29, 1.82) is 0 Å². The van der Waals surface area contributed by atoms with E-state index in [9.17, 15) is 0 Å². The summed E-state index contributed by atoms with van der Waals surface area (Å²) in [4.78, 5) is 5.02. The largest absolute Gasteiger partial charge is 0.369 e. The van der Waals surface area contributed by atoms with Crippen LogP contribution in [0.5, 0.6) is 0 Å². The second kappa shape index (κ2) is 4.88. The molecular weight excluding hydrogens is 196 g/mol. The van der Waals surface area contributed by atoms with Gasteiger partial charge in [-0.1, -0.05) is 13.0 Å². The van der Waals surface area contributed by atoms with Crippen molar-refractivity contribution in [3.63, 3.8) is 0 Å². The van der Waals surface area contributed by atoms with Crippen LogP contribution in [-0.4, -0.2) is 37.6 Å². The van der Waals surface area contributed by atoms with Gasteiger partial charge in [-0.3, -0.25) is 0 Å². The lowest BCUT2D eigenvalue weighted by molar-refractivity contribution is 0.271. The molecule has 1 saturated heterocycles. The first kappa shape index (κ1) is 11.5. The maximum Gasteiger partial charge on any atom is 0.0372 e. The number of aryl methyl sites for hydroxylation is 2. The van der Waals surface area contributed by atoms with E-state index >= 15 is 0 Å². The Morgan fingerprint density at radius 1 is 0.938 bits per heavy atom. The fourth-order valence-electron chi connectivity index (χ4n) is 2.46. The van der Waals surface area contributed by atoms with E-state index in [1.165, 1.54) is 36.4 Å². The van der Waals surface area contributed by atoms with Gasteiger partial charge in [0, 0.05) is 31.9 Å². The Morgan fingerprint density at radius 3 is 2.00 bits per heavy atom. The van der Waals surface area contributed by atoms with Crippen molar-refractivity contribution < 1.29 is 0 Å². The van der Waals surface area contributed by atoms with E-state index in [0.29, 0.717) is 0 Å². The van der Waals surface area contributed by atoms with Crippen LogP contribution in [0.4, 0.5) is 5.69 Å². The zero-order valence-electron chi connectivity index (χ0n) is 10.7. The third kappa shape index (κ3) is 2.56. The van der Waals surface area contributed by atoms with E-state index in [-0.39, 0.29) is 0 Å². The highest BCUT2D eigenvalue weighted by molar-refractivity contribution is 5.51. The predicted molar refractivity (Wildman–Crippen MR) is 70.2 cm³/mol. The molecule has 2 heteroatoms. The molecule has 0 amide bonds. The number of hydrogen-bond donors (Lipinski definition) is 0. The minimum atomic E-state index is 1.16. The molecule has 1 heterocycles. The van der Waals surface area contributed by atoms with Gasteiger partial charge in [-0.15, -0.1) is 0 Å². The first-order valence-electron chi connectivity index (χ1n) is 6.24. The fourth-order valence-corrected chi connectivity index (χ4v) is 2.46. The normalized spacial score (nSPS) is 17.8. The first-order chi connectivity index (χ1) is 7.69. The van der Waals surface area contributed by atoms with Gasteiger partial charge >= 0.3 is 0 Å². The molecule has 1 fully saturated rings. The monoisotopic (exact) mass is 218 g/mol. The Hall–Kier alpha value is -1.02. The molecule has 0 unspecified atom stereocenters. The van der Waals surface area contributed by atoms with Gasteiger partial charge < -0.3 is 9.80 Å². The Morgan fingerprint density at radius 2 is 1.50 bits per heavy atom. The zero-order valence-corrected chi connectivity index (χ0v) is 10.7. The van der Waals surface area contributed by atoms with Crippen molar-refractivity contribution in [3.05, 3.63) is 29.3 Å². The molecule has 16 heavy (non-hydrogen) atoms. The first-order valence-corrected chi connectivity index (χ1v) is 6.24. The van der Waals surface area contributed by atoms with Crippen LogP contribution in [0.15, 0.2) is 18.2 Å². The topological polar surface area (TPSA) is 6.48 Å². The van der Waals surface area contributed by atoms with Crippen LogP contribution in [0.3, 0.4) is 0 Å². The Kier molecular flexibility index (Phi) is 3.49. The molecule has 2 rings (SSSR count). The van der Waals surface area contributed by atoms with E-state index in [1.807, 2.05) is 0 Å². The zero-order chi connectivity index (χ0) is 11.5. The minimum Gasteiger partial charge on any atom is -0.369 e. The molecule has 0 aliphatic carbocycles. The van der Waals surface area contributed by atoms with E-state index < -0.39 is 0 Å². The van der Waals surface area contributed by atoms with Crippen LogP contribution in [0.2, 0.25) is 0 Å². The highest BCUT2D eigenvalue weighted by atomic mass is 15.3. The third-order valence-electron chi connectivity index (χ3n) is 3.39. The summed E-state index contributed by atoms with van der Waals surface area (Å²) in [6.45, 7) is 12.5. The van der Waals surface area contributed by atoms with Gasteiger partial charge in [-0.05, 0) is 43.7 Å². The molecule has 0 atom stereocenters. The molecule has 1 aromatic rings. The van der Waals surface area contributed by atoms with Crippen LogP contribution in [-0.2, 0) is 0 Å². The molecule has 0 N–H and O–H groups in total. The number of rotatable bonds is 2. The highest BCUT2D eigenvalue weighted by Gasteiger charge is 2.15. The molecule has 0 radical (unpaired) electrons. The van der Waals surface area contributed by atoms with E-state index in [0.717, 1.165) is 13.1 Å². The average molecular weight is 218 g/mol. The number of anilines is 1. The van der Waals surface area contributed by atoms with E-state index in [4.69, 9.17) is 0 Å². The Bertz CT molecular complexity index is 332. The van der Waals surface area contributed by atoms with Gasteiger partial charge in [0.15, 0.2) is 0 Å². The SMILES string of the molecule is CCN1CCN(c2cc(C)cc(C)c2)CC1. The summed E-state index contributed by atoms with van der Waals surface area (Å²) < 4.78 is 0. The summed E-state index contributed by atoms with van der Waals surface area (Å²) in [5.74, 6) is 0. The third-order valence-corrected chi connectivity index (χ3v) is 3.39. The number of hydrogen-bond acceptors (Lipinski definition) is 2. The number of benzene rings is 1. The second-order valence-corrected chi connectivity index (χ2v) is 4.77. The van der Waals surface area contributed by atoms with Crippen molar-refractivity contribution in [3.8, 4) is 0 Å². The quantitative estimate of drug-likeness (QED) is 0.752. The van der Waals surface area contributed by atoms with Gasteiger partial charge in [0.05, 0.1) is 0 Å². The minimum absolute atomic E-state index is 1.16. The smallest absolute Gasteiger partial charge is 0.0372 e. The standard InChI is InChI=1S/C14H22N2/c1-4-15-5-7-16(8-6-15)14-10-12(2)9-13(3)11-14/h9-11H,4-8H2,1-3H3. The number of nitrogens with zero attached hydrogens (tertiary/aromatic N) is 2. The summed E-state index contributed by atoms with van der Waals surface area (Å²) >= 11 is 0. The maximum atomic E-state index is 2.51. The second-order valence-electron chi connectivity index (χ2n) is 4.77. The number of likely N-dealkylation sites (N-methyl/N-ethyl adjacent to an activating group) is 1. The molecule has 1 aliphatic heterocycles. The summed E-state index contributed by atoms with van der Waals surface area (Å²) in [6, 6.07) is 6.84. The fraction of sp³-hybridized carbons (Fsp3) is 0.571. The van der Waals surface area contributed by atoms with Crippen LogP contribution >= 0.6 is 0 Å². The van der Waals surface area contributed by atoms with E-state index in [1.54, 1.807) is 0 Å². The van der Waals surface area contributed by atoms with Gasteiger partial charge in [0.1, 0.15) is 0 Å². The lowest BCUT2D eigenvalue weighted by Gasteiger charge is -2.35. The lowest BCUT2D eigenvalue weighted by atomic mass is 10.1. The molecule has 1 aliphatic rings. The molecule has 1 aromatic carbocycles. The van der Waals surface area contributed by atoms with Gasteiger partial charge in [0.25, 0.3) is 0 Å². The molecule has 88 valence electrons. The molecular formula is C14H22N2. The molecule has 0 bridgehead atoms. The Labute approximate surface area is 98.9 Å². The van der Waals surface area contributed by atoms with Crippen LogP contribution in [0.1, 0.15) is 18.1 Å². The van der Waals surface area contributed by atoms with Gasteiger partial charge in [0.2, 0.25) is 0 Å². The highest BCUT2D eigenvalue weighted by Crippen LogP contribution is 2.20. The van der Waals surface area contributed by atoms with Gasteiger partial charge in [-0.25, -0.2) is 0 Å². The average Bonchev–Trinajstić information content (AvgIpc) is 2.28. The lowest BCUT2D eigenvalue weighted by Crippen LogP contribution is -2.46. The van der Waals surface area contributed by atoms with Crippen molar-refractivity contribution in [2.45, 2.75) is 20.8 Å². The van der Waals surface area contributed by atoms with Crippen molar-refractivity contribution in [1.82, 2.24) is 4.90 Å². The summed E-state index contributed by atoms with van der Waals surface area (Å²) in [5, 5.41) is 0. The van der Waals surface area contributed by atoms with Crippen LogP contribution in [0.25, 0.3) is 0 Å². The van der Waals surface area contributed by atoms with E-state index in [2.05, 4.69) is 48.8 Å². The van der Waals surface area contributed by atoms with Gasteiger partial charge in [-0.2, -0.15) is 0 Å². The summed E-state index contributed by atoms with van der Waals surface area (Å²) in [5.41, 5.74) is 4.13. The molecule has 0 aromatic heterocycles. The predicted octanol–water partition coefficient (Wildman–Crippen LogP) is 2.45. The number of piperazine rings is 1. The van der Waals surface area contributed by atoms with Crippen molar-refractivity contribution >= 4 is 5.69 Å². The summed E-state index contributed by atoms with van der Waals surface area (Å²) in [7, 11) is 0. The van der Waals surface area contributed by atoms with Crippen LogP contribution in [0, 0.1) is 13.8 Å². The Balaban J connectivity index is 2.08. The van der Waals surface area contributed by atoms with Crippen LogP contribution < -0.4 is 4.90 Å². The molecule has 0 saturated carbocycles.